The Morgan fingerprint density at radius 3 is 2.46 bits per heavy atom. The molecule has 1 aliphatic rings. The summed E-state index contributed by atoms with van der Waals surface area (Å²) in [4.78, 5) is 55.0. The van der Waals surface area contributed by atoms with E-state index in [1.165, 1.54) is 11.3 Å². The van der Waals surface area contributed by atoms with Crippen LogP contribution in [0.1, 0.15) is 57.0 Å². The van der Waals surface area contributed by atoms with Crippen LogP contribution in [-0.2, 0) is 4.79 Å². The molecule has 1 aliphatic heterocycles. The summed E-state index contributed by atoms with van der Waals surface area (Å²) in [5, 5.41) is 19.8. The standard InChI is InChI=1S/C30H35N5O5S/c1-3-31-30(40)33-24-18-22(28(38)32-23(19-27(36)37)21-9-7-20(2)8-10-21)11-12-25(24)34-13-5-14-35(16-15-34)29(39)26-6-4-17-41-26/h4,6-12,17-18,23H,3,5,13-16,19H2,1-2H3,(H,32,38)(H,36,37)(H2,31,33,40). The first-order valence-electron chi connectivity index (χ1n) is 13.6. The van der Waals surface area contributed by atoms with Crippen LogP contribution in [0.3, 0.4) is 0 Å². The number of carboxylic acids is 1. The highest BCUT2D eigenvalue weighted by molar-refractivity contribution is 7.12. The lowest BCUT2D eigenvalue weighted by atomic mass is 10.0. The first kappa shape index (κ1) is 29.6. The number of anilines is 2. The summed E-state index contributed by atoms with van der Waals surface area (Å²) >= 11 is 1.42. The second-order valence-electron chi connectivity index (χ2n) is 9.86. The number of urea groups is 1. The number of rotatable bonds is 9. The van der Waals surface area contributed by atoms with Gasteiger partial charge in [-0.15, -0.1) is 11.3 Å². The van der Waals surface area contributed by atoms with Gasteiger partial charge in [0, 0.05) is 38.3 Å². The summed E-state index contributed by atoms with van der Waals surface area (Å²) in [6.07, 6.45) is 0.471. The number of aryl methyl sites for hydroxylation is 1. The van der Waals surface area contributed by atoms with E-state index in [4.69, 9.17) is 0 Å². The SMILES string of the molecule is CCNC(=O)Nc1cc(C(=O)NC(CC(=O)O)c2ccc(C)cc2)ccc1N1CCCN(C(=O)c2cccs2)CC1. The number of thiophene rings is 1. The van der Waals surface area contributed by atoms with Crippen molar-refractivity contribution in [2.75, 3.05) is 42.9 Å². The Morgan fingerprint density at radius 1 is 1.00 bits per heavy atom. The fraction of sp³-hybridized carbons (Fsp3) is 0.333. The molecule has 3 aromatic rings. The van der Waals surface area contributed by atoms with Crippen LogP contribution in [0.4, 0.5) is 16.2 Å². The maximum Gasteiger partial charge on any atom is 0.319 e. The third-order valence-corrected chi connectivity index (χ3v) is 7.72. The Morgan fingerprint density at radius 2 is 1.78 bits per heavy atom. The van der Waals surface area contributed by atoms with Gasteiger partial charge < -0.3 is 30.9 Å². The van der Waals surface area contributed by atoms with Crippen LogP contribution < -0.4 is 20.9 Å². The first-order valence-corrected chi connectivity index (χ1v) is 14.5. The molecule has 10 nitrogen and oxygen atoms in total. The Hall–Kier alpha value is -4.38. The molecule has 1 fully saturated rings. The van der Waals surface area contributed by atoms with Crippen molar-refractivity contribution in [1.82, 2.24) is 15.5 Å². The number of benzene rings is 2. The van der Waals surface area contributed by atoms with Gasteiger partial charge in [0.15, 0.2) is 0 Å². The van der Waals surface area contributed by atoms with Gasteiger partial charge >= 0.3 is 12.0 Å². The van der Waals surface area contributed by atoms with E-state index < -0.39 is 23.9 Å². The number of hydrogen-bond acceptors (Lipinski definition) is 6. The third-order valence-electron chi connectivity index (χ3n) is 6.86. The highest BCUT2D eigenvalue weighted by Gasteiger charge is 2.24. The van der Waals surface area contributed by atoms with E-state index in [-0.39, 0.29) is 17.9 Å². The third kappa shape index (κ3) is 7.85. The van der Waals surface area contributed by atoms with Gasteiger partial charge in [0.25, 0.3) is 11.8 Å². The minimum absolute atomic E-state index is 0.0130. The quantitative estimate of drug-likeness (QED) is 0.296. The molecule has 4 rings (SSSR count). The Balaban J connectivity index is 1.56. The molecule has 0 spiro atoms. The molecule has 4 amide bonds. The molecule has 2 aromatic carbocycles. The van der Waals surface area contributed by atoms with Gasteiger partial charge in [-0.05, 0) is 55.5 Å². The summed E-state index contributed by atoms with van der Waals surface area (Å²) in [6.45, 7) is 6.54. The molecule has 0 saturated carbocycles. The largest absolute Gasteiger partial charge is 0.481 e. The van der Waals surface area contributed by atoms with Crippen molar-refractivity contribution in [2.24, 2.45) is 0 Å². The predicted molar refractivity (Wildman–Crippen MR) is 160 cm³/mol. The second kappa shape index (κ2) is 13.8. The van der Waals surface area contributed by atoms with E-state index in [1.54, 1.807) is 30.3 Å². The lowest BCUT2D eigenvalue weighted by Gasteiger charge is -2.26. The number of hydrogen-bond donors (Lipinski definition) is 4. The molecule has 11 heteroatoms. The van der Waals surface area contributed by atoms with E-state index in [1.807, 2.05) is 48.4 Å². The molecule has 1 saturated heterocycles. The Kier molecular flexibility index (Phi) is 9.96. The molecule has 41 heavy (non-hydrogen) atoms. The summed E-state index contributed by atoms with van der Waals surface area (Å²) in [7, 11) is 0. The maximum absolute atomic E-state index is 13.3. The fourth-order valence-corrected chi connectivity index (χ4v) is 5.46. The number of amides is 4. The average molecular weight is 578 g/mol. The molecule has 0 radical (unpaired) electrons. The monoisotopic (exact) mass is 577 g/mol. The van der Waals surface area contributed by atoms with Crippen molar-refractivity contribution in [3.05, 3.63) is 81.5 Å². The molecule has 0 aliphatic carbocycles. The van der Waals surface area contributed by atoms with E-state index in [0.717, 1.165) is 17.7 Å². The van der Waals surface area contributed by atoms with Crippen molar-refractivity contribution >= 4 is 46.5 Å². The van der Waals surface area contributed by atoms with E-state index in [2.05, 4.69) is 20.9 Å². The van der Waals surface area contributed by atoms with Crippen LogP contribution in [0.15, 0.2) is 60.0 Å². The lowest BCUT2D eigenvalue weighted by Crippen LogP contribution is -2.35. The molecular formula is C30H35N5O5S. The average Bonchev–Trinajstić information content (AvgIpc) is 3.37. The van der Waals surface area contributed by atoms with Gasteiger partial charge in [0.05, 0.1) is 28.7 Å². The number of aliphatic carboxylic acids is 1. The number of carbonyl (C=O) groups excluding carboxylic acids is 3. The zero-order valence-corrected chi connectivity index (χ0v) is 24.0. The van der Waals surface area contributed by atoms with Crippen molar-refractivity contribution in [3.63, 3.8) is 0 Å². The zero-order valence-electron chi connectivity index (χ0n) is 23.2. The summed E-state index contributed by atoms with van der Waals surface area (Å²) in [6, 6.07) is 15.0. The maximum atomic E-state index is 13.3. The second-order valence-corrected chi connectivity index (χ2v) is 10.8. The van der Waals surface area contributed by atoms with Crippen LogP contribution in [0.2, 0.25) is 0 Å². The Labute approximate surface area is 243 Å². The Bertz CT molecular complexity index is 1380. The number of carbonyl (C=O) groups is 4. The zero-order chi connectivity index (χ0) is 29.4. The summed E-state index contributed by atoms with van der Waals surface area (Å²) < 4.78 is 0. The molecular weight excluding hydrogens is 542 g/mol. The van der Waals surface area contributed by atoms with Crippen LogP contribution in [0.25, 0.3) is 0 Å². The highest BCUT2D eigenvalue weighted by Crippen LogP contribution is 2.29. The molecule has 4 N–H and O–H groups in total. The molecule has 1 aromatic heterocycles. The van der Waals surface area contributed by atoms with Gasteiger partial charge in [0.2, 0.25) is 0 Å². The minimum Gasteiger partial charge on any atom is -0.481 e. The van der Waals surface area contributed by atoms with Crippen molar-refractivity contribution in [3.8, 4) is 0 Å². The predicted octanol–water partition coefficient (Wildman–Crippen LogP) is 4.50. The van der Waals surface area contributed by atoms with E-state index >= 15 is 0 Å². The van der Waals surface area contributed by atoms with Crippen LogP contribution >= 0.6 is 11.3 Å². The van der Waals surface area contributed by atoms with Gasteiger partial charge in [-0.1, -0.05) is 35.9 Å². The van der Waals surface area contributed by atoms with Crippen LogP contribution in [0.5, 0.6) is 0 Å². The lowest BCUT2D eigenvalue weighted by molar-refractivity contribution is -0.137. The van der Waals surface area contributed by atoms with Crippen molar-refractivity contribution in [2.45, 2.75) is 32.7 Å². The minimum atomic E-state index is -1.03. The molecule has 1 unspecified atom stereocenters. The van der Waals surface area contributed by atoms with Crippen LogP contribution in [0, 0.1) is 6.92 Å². The van der Waals surface area contributed by atoms with Gasteiger partial charge in [-0.25, -0.2) is 4.79 Å². The topological polar surface area (TPSA) is 131 Å². The highest BCUT2D eigenvalue weighted by atomic mass is 32.1. The molecule has 0 bridgehead atoms. The fourth-order valence-electron chi connectivity index (χ4n) is 4.76. The number of nitrogens with one attached hydrogen (secondary N) is 3. The smallest absolute Gasteiger partial charge is 0.319 e. The number of carboxylic acid groups (broad SMARTS) is 1. The normalized spacial score (nSPS) is 14.1. The molecule has 216 valence electrons. The summed E-state index contributed by atoms with van der Waals surface area (Å²) in [5.74, 6) is -1.47. The first-order chi connectivity index (χ1) is 19.7. The number of nitrogens with zero attached hydrogens (tertiary/aromatic N) is 2. The van der Waals surface area contributed by atoms with Crippen molar-refractivity contribution < 1.29 is 24.3 Å². The summed E-state index contributed by atoms with van der Waals surface area (Å²) in [5.41, 5.74) is 3.19. The molecule has 2 heterocycles. The molecule has 1 atom stereocenters. The van der Waals surface area contributed by atoms with E-state index in [9.17, 15) is 24.3 Å². The van der Waals surface area contributed by atoms with Gasteiger partial charge in [-0.3, -0.25) is 14.4 Å². The van der Waals surface area contributed by atoms with Crippen molar-refractivity contribution in [1.29, 1.82) is 0 Å². The van der Waals surface area contributed by atoms with E-state index in [0.29, 0.717) is 48.9 Å². The van der Waals surface area contributed by atoms with Crippen LogP contribution in [-0.4, -0.2) is 66.5 Å². The van der Waals surface area contributed by atoms with Gasteiger partial charge in [-0.2, -0.15) is 0 Å². The van der Waals surface area contributed by atoms with Gasteiger partial charge in [0.1, 0.15) is 0 Å².